The third-order valence-electron chi connectivity index (χ3n) is 3.65. The number of aryl methyl sites for hydroxylation is 1. The van der Waals surface area contributed by atoms with Gasteiger partial charge in [-0.05, 0) is 36.4 Å². The van der Waals surface area contributed by atoms with E-state index in [2.05, 4.69) is 4.98 Å². The van der Waals surface area contributed by atoms with Gasteiger partial charge in [0.2, 0.25) is 0 Å². The molecular formula is C18H15ClN2O3. The van der Waals surface area contributed by atoms with Gasteiger partial charge in [-0.25, -0.2) is 4.98 Å². The molecule has 1 aromatic heterocycles. The Hall–Kier alpha value is -2.66. The number of halogens is 1. The second-order valence-electron chi connectivity index (χ2n) is 5.41. The van der Waals surface area contributed by atoms with E-state index in [0.717, 1.165) is 11.0 Å². The lowest BCUT2D eigenvalue weighted by Gasteiger charge is -2.05. The fourth-order valence-electron chi connectivity index (χ4n) is 2.36. The molecule has 0 aliphatic carbocycles. The van der Waals surface area contributed by atoms with Gasteiger partial charge in [-0.3, -0.25) is 9.59 Å². The van der Waals surface area contributed by atoms with Crippen LogP contribution < -0.4 is 4.74 Å². The van der Waals surface area contributed by atoms with Crippen molar-refractivity contribution in [3.8, 4) is 5.75 Å². The number of nitrogens with zero attached hydrogens (tertiary/aromatic N) is 2. The fourth-order valence-corrected chi connectivity index (χ4v) is 2.48. The van der Waals surface area contributed by atoms with E-state index < -0.39 is 5.97 Å². The van der Waals surface area contributed by atoms with Crippen LogP contribution in [0.4, 0.5) is 0 Å². The molecule has 0 radical (unpaired) electrons. The summed E-state index contributed by atoms with van der Waals surface area (Å²) in [6.07, 6.45) is 1.80. The zero-order valence-electron chi connectivity index (χ0n) is 13.0. The third-order valence-corrected chi connectivity index (χ3v) is 3.90. The van der Waals surface area contributed by atoms with E-state index in [1.54, 1.807) is 42.7 Å². The summed E-state index contributed by atoms with van der Waals surface area (Å²) in [5.41, 5.74) is 2.23. The Morgan fingerprint density at radius 3 is 2.62 bits per heavy atom. The standard InChI is InChI=1S/C18H15ClN2O3/c1-21-11-20-15-10-14(6-7-16(15)21)24-18(23)9-8-17(22)12-2-4-13(19)5-3-12/h2-7,10-11H,8-9H2,1H3. The van der Waals surface area contributed by atoms with Crippen LogP contribution in [-0.4, -0.2) is 21.3 Å². The van der Waals surface area contributed by atoms with Crippen molar-refractivity contribution in [3.63, 3.8) is 0 Å². The number of carbonyl (C=O) groups excluding carboxylic acids is 2. The fraction of sp³-hybridized carbons (Fsp3) is 0.167. The molecule has 1 heterocycles. The van der Waals surface area contributed by atoms with Gasteiger partial charge in [0.15, 0.2) is 5.78 Å². The highest BCUT2D eigenvalue weighted by Crippen LogP contribution is 2.20. The first kappa shape index (κ1) is 16.2. The van der Waals surface area contributed by atoms with Crippen LogP contribution in [0.2, 0.25) is 5.02 Å². The van der Waals surface area contributed by atoms with E-state index in [1.807, 2.05) is 17.7 Å². The zero-order chi connectivity index (χ0) is 17.1. The normalized spacial score (nSPS) is 10.8. The molecule has 0 amide bonds. The van der Waals surface area contributed by atoms with E-state index in [0.29, 0.717) is 16.3 Å². The van der Waals surface area contributed by atoms with Gasteiger partial charge < -0.3 is 9.30 Å². The first-order valence-electron chi connectivity index (χ1n) is 7.43. The molecule has 0 aliphatic rings. The van der Waals surface area contributed by atoms with Crippen molar-refractivity contribution in [2.75, 3.05) is 0 Å². The molecule has 0 saturated carbocycles. The largest absolute Gasteiger partial charge is 0.426 e. The minimum Gasteiger partial charge on any atom is -0.426 e. The molecule has 5 nitrogen and oxygen atoms in total. The summed E-state index contributed by atoms with van der Waals surface area (Å²) in [5, 5.41) is 0.566. The molecule has 0 atom stereocenters. The quantitative estimate of drug-likeness (QED) is 0.402. The van der Waals surface area contributed by atoms with Crippen molar-refractivity contribution < 1.29 is 14.3 Å². The van der Waals surface area contributed by atoms with E-state index in [-0.39, 0.29) is 18.6 Å². The smallest absolute Gasteiger partial charge is 0.311 e. The number of Topliss-reactive ketones (excluding diaryl/α,β-unsaturated/α-hetero) is 1. The van der Waals surface area contributed by atoms with Gasteiger partial charge in [0, 0.05) is 30.1 Å². The summed E-state index contributed by atoms with van der Waals surface area (Å²) < 4.78 is 7.16. The lowest BCUT2D eigenvalue weighted by atomic mass is 10.1. The summed E-state index contributed by atoms with van der Waals surface area (Å²) >= 11 is 5.79. The van der Waals surface area contributed by atoms with Gasteiger partial charge in [0.1, 0.15) is 5.75 Å². The van der Waals surface area contributed by atoms with Crippen LogP contribution in [0, 0.1) is 0 Å². The lowest BCUT2D eigenvalue weighted by molar-refractivity contribution is -0.134. The Morgan fingerprint density at radius 2 is 1.88 bits per heavy atom. The number of ketones is 1. The molecule has 0 N–H and O–H groups in total. The Morgan fingerprint density at radius 1 is 1.12 bits per heavy atom. The lowest BCUT2D eigenvalue weighted by Crippen LogP contribution is -2.10. The Bertz CT molecular complexity index is 900. The summed E-state index contributed by atoms with van der Waals surface area (Å²) in [6.45, 7) is 0. The Labute approximate surface area is 143 Å². The number of fused-ring (bicyclic) bond motifs is 1. The van der Waals surface area contributed by atoms with Crippen LogP contribution in [0.1, 0.15) is 23.2 Å². The van der Waals surface area contributed by atoms with Gasteiger partial charge in [-0.1, -0.05) is 11.6 Å². The number of rotatable bonds is 5. The molecule has 0 fully saturated rings. The van der Waals surface area contributed by atoms with Crippen molar-refractivity contribution in [2.45, 2.75) is 12.8 Å². The second kappa shape index (κ2) is 6.84. The number of aromatic nitrogens is 2. The summed E-state index contributed by atoms with van der Waals surface area (Å²) in [5.74, 6) is -0.151. The molecule has 0 saturated heterocycles. The van der Waals surface area contributed by atoms with Crippen molar-refractivity contribution >= 4 is 34.4 Å². The Balaban J connectivity index is 1.58. The number of hydrogen-bond acceptors (Lipinski definition) is 4. The second-order valence-corrected chi connectivity index (χ2v) is 5.85. The first-order valence-corrected chi connectivity index (χ1v) is 7.81. The third kappa shape index (κ3) is 3.63. The molecular weight excluding hydrogens is 328 g/mol. The van der Waals surface area contributed by atoms with Gasteiger partial charge in [-0.15, -0.1) is 0 Å². The Kier molecular flexibility index (Phi) is 4.62. The minimum atomic E-state index is -0.451. The van der Waals surface area contributed by atoms with E-state index in [9.17, 15) is 9.59 Å². The topological polar surface area (TPSA) is 61.2 Å². The molecule has 2 aromatic carbocycles. The summed E-state index contributed by atoms with van der Waals surface area (Å²) in [4.78, 5) is 28.2. The number of imidazole rings is 1. The SMILES string of the molecule is Cn1cnc2cc(OC(=O)CCC(=O)c3ccc(Cl)cc3)ccc21. The van der Waals surface area contributed by atoms with Crippen molar-refractivity contribution in [1.82, 2.24) is 9.55 Å². The molecule has 3 rings (SSSR count). The van der Waals surface area contributed by atoms with Crippen molar-refractivity contribution in [2.24, 2.45) is 7.05 Å². The predicted molar refractivity (Wildman–Crippen MR) is 91.4 cm³/mol. The van der Waals surface area contributed by atoms with Crippen LogP contribution in [0.15, 0.2) is 48.8 Å². The molecule has 6 heteroatoms. The molecule has 24 heavy (non-hydrogen) atoms. The van der Waals surface area contributed by atoms with Crippen LogP contribution in [0.25, 0.3) is 11.0 Å². The summed E-state index contributed by atoms with van der Waals surface area (Å²) in [7, 11) is 1.89. The van der Waals surface area contributed by atoms with Gasteiger partial charge in [0.05, 0.1) is 23.8 Å². The maximum Gasteiger partial charge on any atom is 0.311 e. The van der Waals surface area contributed by atoms with E-state index in [1.165, 1.54) is 0 Å². The highest BCUT2D eigenvalue weighted by Gasteiger charge is 2.12. The summed E-state index contributed by atoms with van der Waals surface area (Å²) in [6, 6.07) is 11.8. The van der Waals surface area contributed by atoms with Gasteiger partial charge in [-0.2, -0.15) is 0 Å². The number of ether oxygens (including phenoxy) is 1. The van der Waals surface area contributed by atoms with Crippen molar-refractivity contribution in [3.05, 3.63) is 59.4 Å². The molecule has 0 unspecified atom stereocenters. The maximum atomic E-state index is 12.0. The first-order chi connectivity index (χ1) is 11.5. The van der Waals surface area contributed by atoms with E-state index >= 15 is 0 Å². The number of hydrogen-bond donors (Lipinski definition) is 0. The number of carbonyl (C=O) groups is 2. The van der Waals surface area contributed by atoms with Crippen LogP contribution >= 0.6 is 11.6 Å². The van der Waals surface area contributed by atoms with Crippen LogP contribution in [0.3, 0.4) is 0 Å². The van der Waals surface area contributed by atoms with Gasteiger partial charge >= 0.3 is 5.97 Å². The van der Waals surface area contributed by atoms with Crippen LogP contribution in [-0.2, 0) is 11.8 Å². The molecule has 3 aromatic rings. The number of benzene rings is 2. The average molecular weight is 343 g/mol. The zero-order valence-corrected chi connectivity index (χ0v) is 13.8. The van der Waals surface area contributed by atoms with Crippen molar-refractivity contribution in [1.29, 1.82) is 0 Å². The predicted octanol–water partition coefficient (Wildman–Crippen LogP) is 3.80. The van der Waals surface area contributed by atoms with Gasteiger partial charge in [0.25, 0.3) is 0 Å². The molecule has 122 valence electrons. The van der Waals surface area contributed by atoms with E-state index in [4.69, 9.17) is 16.3 Å². The molecule has 0 spiro atoms. The minimum absolute atomic E-state index is 0.0156. The maximum absolute atomic E-state index is 12.0. The average Bonchev–Trinajstić information content (AvgIpc) is 2.94. The molecule has 0 bridgehead atoms. The highest BCUT2D eigenvalue weighted by molar-refractivity contribution is 6.30. The van der Waals surface area contributed by atoms with Crippen LogP contribution in [0.5, 0.6) is 5.75 Å². The monoisotopic (exact) mass is 342 g/mol. The molecule has 0 aliphatic heterocycles. The highest BCUT2D eigenvalue weighted by atomic mass is 35.5. The number of esters is 1.